The maximum atomic E-state index is 12.1. The number of rotatable bonds is 7. The van der Waals surface area contributed by atoms with E-state index in [9.17, 15) is 9.59 Å². The minimum atomic E-state index is -0.318. The highest BCUT2D eigenvalue weighted by Gasteiger charge is 2.31. The molecule has 0 aromatic heterocycles. The van der Waals surface area contributed by atoms with Crippen molar-refractivity contribution >= 4 is 17.6 Å². The second-order valence-corrected chi connectivity index (χ2v) is 5.48. The van der Waals surface area contributed by atoms with E-state index in [0.717, 1.165) is 11.3 Å². The molecule has 3 amide bonds. The Labute approximate surface area is 135 Å². The van der Waals surface area contributed by atoms with E-state index in [4.69, 9.17) is 9.84 Å². The number of ether oxygens (including phenoxy) is 1. The lowest BCUT2D eigenvalue weighted by molar-refractivity contribution is -0.117. The molecule has 1 aliphatic heterocycles. The molecule has 0 aliphatic carbocycles. The molecule has 1 aromatic carbocycles. The molecule has 0 radical (unpaired) electrons. The van der Waals surface area contributed by atoms with Crippen molar-refractivity contribution in [2.24, 2.45) is 0 Å². The van der Waals surface area contributed by atoms with Crippen LogP contribution < -0.4 is 15.5 Å². The average Bonchev–Trinajstić information content (AvgIpc) is 2.88. The molecule has 3 N–H and O–H groups in total. The summed E-state index contributed by atoms with van der Waals surface area (Å²) in [5, 5.41) is 14.0. The van der Waals surface area contributed by atoms with Gasteiger partial charge in [-0.05, 0) is 19.1 Å². The van der Waals surface area contributed by atoms with E-state index in [2.05, 4.69) is 10.6 Å². The van der Waals surface area contributed by atoms with Gasteiger partial charge in [-0.15, -0.1) is 0 Å². The van der Waals surface area contributed by atoms with Crippen LogP contribution in [-0.4, -0.2) is 56.0 Å². The summed E-state index contributed by atoms with van der Waals surface area (Å²) in [6.45, 7) is 3.38. The summed E-state index contributed by atoms with van der Waals surface area (Å²) >= 11 is 0. The van der Waals surface area contributed by atoms with Gasteiger partial charge in [0.1, 0.15) is 0 Å². The molecule has 1 atom stereocenters. The van der Waals surface area contributed by atoms with Gasteiger partial charge < -0.3 is 25.4 Å². The Balaban J connectivity index is 1.76. The molecule has 2 rings (SSSR count). The molecule has 1 unspecified atom stereocenters. The van der Waals surface area contributed by atoms with E-state index in [-0.39, 0.29) is 31.2 Å². The second-order valence-electron chi connectivity index (χ2n) is 5.48. The first kappa shape index (κ1) is 17.2. The van der Waals surface area contributed by atoms with Crippen molar-refractivity contribution in [3.63, 3.8) is 0 Å². The van der Waals surface area contributed by atoms with Crippen molar-refractivity contribution in [3.05, 3.63) is 29.8 Å². The summed E-state index contributed by atoms with van der Waals surface area (Å²) in [7, 11) is 0. The summed E-state index contributed by atoms with van der Waals surface area (Å²) in [5.74, 6) is 0.00503. The normalized spacial score (nSPS) is 17.4. The third-order valence-corrected chi connectivity index (χ3v) is 3.57. The standard InChI is InChI=1S/C16H23N3O4/c1-12-2-4-14(5-3-12)19-11-13(10-15(19)21)18-16(22)17-6-8-23-9-7-20/h2-5,13,20H,6-11H2,1H3,(H2,17,18,22). The van der Waals surface area contributed by atoms with Crippen LogP contribution in [0.3, 0.4) is 0 Å². The number of aryl methyl sites for hydroxylation is 1. The van der Waals surface area contributed by atoms with Gasteiger partial charge in [-0.25, -0.2) is 4.79 Å². The number of hydrogen-bond donors (Lipinski definition) is 3. The molecule has 0 saturated carbocycles. The number of hydrogen-bond acceptors (Lipinski definition) is 4. The van der Waals surface area contributed by atoms with Gasteiger partial charge >= 0.3 is 6.03 Å². The van der Waals surface area contributed by atoms with Gasteiger partial charge in [0.05, 0.1) is 25.9 Å². The van der Waals surface area contributed by atoms with Gasteiger partial charge in [-0.2, -0.15) is 0 Å². The number of aliphatic hydroxyl groups is 1. The molecule has 1 saturated heterocycles. The van der Waals surface area contributed by atoms with Crippen LogP contribution in [0.2, 0.25) is 0 Å². The fourth-order valence-electron chi connectivity index (χ4n) is 2.42. The van der Waals surface area contributed by atoms with Crippen LogP contribution in [0.1, 0.15) is 12.0 Å². The van der Waals surface area contributed by atoms with Gasteiger partial charge in [0.2, 0.25) is 5.91 Å². The number of amides is 3. The van der Waals surface area contributed by atoms with E-state index in [1.54, 1.807) is 4.90 Å². The molecule has 1 fully saturated rings. The van der Waals surface area contributed by atoms with E-state index in [1.165, 1.54) is 0 Å². The van der Waals surface area contributed by atoms with Crippen molar-refractivity contribution in [3.8, 4) is 0 Å². The van der Waals surface area contributed by atoms with Crippen LogP contribution in [0, 0.1) is 6.92 Å². The number of benzene rings is 1. The Morgan fingerprint density at radius 2 is 2.09 bits per heavy atom. The van der Waals surface area contributed by atoms with Crippen LogP contribution in [0.15, 0.2) is 24.3 Å². The van der Waals surface area contributed by atoms with Gasteiger partial charge in [-0.3, -0.25) is 4.79 Å². The topological polar surface area (TPSA) is 90.9 Å². The summed E-state index contributed by atoms with van der Waals surface area (Å²) in [4.78, 5) is 25.6. The predicted molar refractivity (Wildman–Crippen MR) is 86.4 cm³/mol. The third-order valence-electron chi connectivity index (χ3n) is 3.57. The number of aliphatic hydroxyl groups excluding tert-OH is 1. The molecule has 7 heteroatoms. The van der Waals surface area contributed by atoms with Crippen LogP contribution in [-0.2, 0) is 9.53 Å². The molecule has 1 aliphatic rings. The molecule has 23 heavy (non-hydrogen) atoms. The number of nitrogens with one attached hydrogen (secondary N) is 2. The minimum Gasteiger partial charge on any atom is -0.394 e. The number of carbonyl (C=O) groups excluding carboxylic acids is 2. The van der Waals surface area contributed by atoms with Crippen LogP contribution >= 0.6 is 0 Å². The van der Waals surface area contributed by atoms with E-state index < -0.39 is 0 Å². The maximum Gasteiger partial charge on any atom is 0.315 e. The van der Waals surface area contributed by atoms with Gasteiger partial charge in [0, 0.05) is 25.2 Å². The fourth-order valence-corrected chi connectivity index (χ4v) is 2.42. The van der Waals surface area contributed by atoms with E-state index in [0.29, 0.717) is 26.1 Å². The molecular formula is C16H23N3O4. The van der Waals surface area contributed by atoms with Crippen molar-refractivity contribution in [1.29, 1.82) is 0 Å². The monoisotopic (exact) mass is 321 g/mol. The zero-order valence-corrected chi connectivity index (χ0v) is 13.2. The second kappa shape index (κ2) is 8.50. The first-order valence-corrected chi connectivity index (χ1v) is 7.70. The average molecular weight is 321 g/mol. The maximum absolute atomic E-state index is 12.1. The number of nitrogens with zero attached hydrogens (tertiary/aromatic N) is 1. The molecule has 7 nitrogen and oxygen atoms in total. The van der Waals surface area contributed by atoms with Gasteiger partial charge in [-0.1, -0.05) is 17.7 Å². The lowest BCUT2D eigenvalue weighted by Gasteiger charge is -2.17. The summed E-state index contributed by atoms with van der Waals surface area (Å²) < 4.78 is 5.05. The van der Waals surface area contributed by atoms with E-state index in [1.807, 2.05) is 31.2 Å². The first-order chi connectivity index (χ1) is 11.1. The number of carbonyl (C=O) groups is 2. The largest absolute Gasteiger partial charge is 0.394 e. The Morgan fingerprint density at radius 3 is 2.78 bits per heavy atom. The molecule has 1 heterocycles. The lowest BCUT2D eigenvalue weighted by atomic mass is 10.2. The van der Waals surface area contributed by atoms with Crippen molar-refractivity contribution in [2.75, 3.05) is 37.8 Å². The Morgan fingerprint density at radius 1 is 1.35 bits per heavy atom. The molecule has 1 aromatic rings. The van der Waals surface area contributed by atoms with Crippen LogP contribution in [0.4, 0.5) is 10.5 Å². The Kier molecular flexibility index (Phi) is 6.37. The molecular weight excluding hydrogens is 298 g/mol. The zero-order valence-electron chi connectivity index (χ0n) is 13.2. The molecule has 0 bridgehead atoms. The number of urea groups is 1. The highest BCUT2D eigenvalue weighted by molar-refractivity contribution is 5.96. The predicted octanol–water partition coefficient (Wildman–Crippen LogP) is 0.408. The highest BCUT2D eigenvalue weighted by Crippen LogP contribution is 2.21. The molecule has 126 valence electrons. The first-order valence-electron chi connectivity index (χ1n) is 7.70. The van der Waals surface area contributed by atoms with E-state index >= 15 is 0 Å². The van der Waals surface area contributed by atoms with Gasteiger partial charge in [0.15, 0.2) is 0 Å². The minimum absolute atomic E-state index is 0.00503. The Bertz CT molecular complexity index is 533. The van der Waals surface area contributed by atoms with Crippen molar-refractivity contribution in [1.82, 2.24) is 10.6 Å². The highest BCUT2D eigenvalue weighted by atomic mass is 16.5. The van der Waals surface area contributed by atoms with Crippen LogP contribution in [0.5, 0.6) is 0 Å². The summed E-state index contributed by atoms with van der Waals surface area (Å²) in [5.41, 5.74) is 1.99. The van der Waals surface area contributed by atoms with Crippen molar-refractivity contribution < 1.29 is 19.4 Å². The lowest BCUT2D eigenvalue weighted by Crippen LogP contribution is -2.44. The SMILES string of the molecule is Cc1ccc(N2CC(NC(=O)NCCOCCO)CC2=O)cc1. The van der Waals surface area contributed by atoms with Gasteiger partial charge in [0.25, 0.3) is 0 Å². The summed E-state index contributed by atoms with van der Waals surface area (Å²) in [6, 6.07) is 7.22. The number of anilines is 1. The fraction of sp³-hybridized carbons (Fsp3) is 0.500. The third kappa shape index (κ3) is 5.22. The van der Waals surface area contributed by atoms with Crippen molar-refractivity contribution in [2.45, 2.75) is 19.4 Å². The molecule has 0 spiro atoms. The Hall–Kier alpha value is -2.12. The smallest absolute Gasteiger partial charge is 0.315 e. The summed E-state index contributed by atoms with van der Waals surface area (Å²) in [6.07, 6.45) is 0.294. The van der Waals surface area contributed by atoms with Crippen LogP contribution in [0.25, 0.3) is 0 Å². The quantitative estimate of drug-likeness (QED) is 0.634. The zero-order chi connectivity index (χ0) is 16.7.